The number of hydrogen-bond acceptors (Lipinski definition) is 3. The van der Waals surface area contributed by atoms with Gasteiger partial charge < -0.3 is 15.0 Å². The first-order chi connectivity index (χ1) is 7.95. The van der Waals surface area contributed by atoms with Crippen LogP contribution in [0.3, 0.4) is 0 Å². The van der Waals surface area contributed by atoms with Crippen molar-refractivity contribution < 1.29 is 9.13 Å². The lowest BCUT2D eigenvalue weighted by Gasteiger charge is -2.27. The average molecular weight is 237 g/mol. The van der Waals surface area contributed by atoms with Crippen LogP contribution in [0.1, 0.15) is 13.8 Å². The van der Waals surface area contributed by atoms with Gasteiger partial charge in [-0.25, -0.2) is 9.37 Å². The van der Waals surface area contributed by atoms with Gasteiger partial charge in [0.25, 0.3) is 0 Å². The molecule has 2 aromatic rings. The van der Waals surface area contributed by atoms with Crippen LogP contribution in [0, 0.1) is 5.82 Å². The molecule has 5 heteroatoms. The zero-order valence-corrected chi connectivity index (χ0v) is 10.2. The van der Waals surface area contributed by atoms with Gasteiger partial charge in [0.15, 0.2) is 0 Å². The highest BCUT2D eigenvalue weighted by atomic mass is 19.1. The van der Waals surface area contributed by atoms with Gasteiger partial charge in [-0.15, -0.1) is 0 Å². The summed E-state index contributed by atoms with van der Waals surface area (Å²) >= 11 is 0. The maximum Gasteiger partial charge on any atom is 0.201 e. The van der Waals surface area contributed by atoms with Crippen LogP contribution < -0.4 is 5.73 Å². The second kappa shape index (κ2) is 4.00. The predicted octanol–water partition coefficient (Wildman–Crippen LogP) is 2.14. The summed E-state index contributed by atoms with van der Waals surface area (Å²) in [5.41, 5.74) is 6.89. The Labute approximate surface area is 99.2 Å². The number of ether oxygens (including phenoxy) is 1. The van der Waals surface area contributed by atoms with Gasteiger partial charge in [0.2, 0.25) is 5.95 Å². The second-order valence-electron chi connectivity index (χ2n) is 4.68. The van der Waals surface area contributed by atoms with Crippen molar-refractivity contribution in [1.82, 2.24) is 9.55 Å². The third-order valence-corrected chi connectivity index (χ3v) is 2.75. The Morgan fingerprint density at radius 2 is 2.18 bits per heavy atom. The van der Waals surface area contributed by atoms with E-state index in [1.54, 1.807) is 17.7 Å². The van der Waals surface area contributed by atoms with Crippen LogP contribution in [0.15, 0.2) is 18.2 Å². The molecule has 1 aromatic carbocycles. The normalized spacial score (nSPS) is 12.2. The van der Waals surface area contributed by atoms with Gasteiger partial charge in [0, 0.05) is 7.11 Å². The number of nitrogen functional groups attached to an aromatic ring is 1. The molecule has 0 saturated carbocycles. The van der Waals surface area contributed by atoms with Crippen molar-refractivity contribution >= 4 is 17.0 Å². The smallest absolute Gasteiger partial charge is 0.201 e. The summed E-state index contributed by atoms with van der Waals surface area (Å²) in [5.74, 6) is 0.0690. The highest BCUT2D eigenvalue weighted by Crippen LogP contribution is 2.27. The summed E-state index contributed by atoms with van der Waals surface area (Å²) in [7, 11) is 1.62. The van der Waals surface area contributed by atoms with Gasteiger partial charge in [0.1, 0.15) is 5.82 Å². The number of methoxy groups -OCH3 is 1. The van der Waals surface area contributed by atoms with Crippen molar-refractivity contribution in [3.63, 3.8) is 0 Å². The van der Waals surface area contributed by atoms with Crippen molar-refractivity contribution in [3.8, 4) is 0 Å². The summed E-state index contributed by atoms with van der Waals surface area (Å²) in [6, 6.07) is 4.44. The molecule has 0 amide bonds. The molecule has 2 N–H and O–H groups in total. The minimum Gasteiger partial charge on any atom is -0.382 e. The van der Waals surface area contributed by atoms with Gasteiger partial charge in [-0.1, -0.05) is 0 Å². The molecule has 0 radical (unpaired) electrons. The standard InChI is InChI=1S/C12H16FN3O/c1-12(2,7-17-3)16-10-6-8(13)4-5-9(10)15-11(16)14/h4-6H,7H2,1-3H3,(H2,14,15). The molecule has 0 atom stereocenters. The summed E-state index contributed by atoms with van der Waals surface area (Å²) in [5, 5.41) is 0. The first kappa shape index (κ1) is 11.9. The van der Waals surface area contributed by atoms with E-state index in [0.717, 1.165) is 0 Å². The maximum absolute atomic E-state index is 13.3. The van der Waals surface area contributed by atoms with Crippen molar-refractivity contribution in [3.05, 3.63) is 24.0 Å². The van der Waals surface area contributed by atoms with E-state index >= 15 is 0 Å². The SMILES string of the molecule is COCC(C)(C)n1c(N)nc2ccc(F)cc21. The van der Waals surface area contributed by atoms with Crippen LogP contribution in [0.5, 0.6) is 0 Å². The first-order valence-electron chi connectivity index (χ1n) is 5.38. The van der Waals surface area contributed by atoms with Crippen molar-refractivity contribution in [2.24, 2.45) is 0 Å². The van der Waals surface area contributed by atoms with Gasteiger partial charge in [-0.2, -0.15) is 0 Å². The molecule has 17 heavy (non-hydrogen) atoms. The third-order valence-electron chi connectivity index (χ3n) is 2.75. The fourth-order valence-electron chi connectivity index (χ4n) is 2.12. The van der Waals surface area contributed by atoms with Crippen LogP contribution in [0.2, 0.25) is 0 Å². The number of aromatic nitrogens is 2. The molecule has 0 unspecified atom stereocenters. The molecular formula is C12H16FN3O. The largest absolute Gasteiger partial charge is 0.382 e. The molecule has 0 bridgehead atoms. The molecule has 0 aliphatic rings. The quantitative estimate of drug-likeness (QED) is 0.889. The average Bonchev–Trinajstić information content (AvgIpc) is 2.53. The Hall–Kier alpha value is -1.62. The van der Waals surface area contributed by atoms with E-state index in [1.807, 2.05) is 13.8 Å². The van der Waals surface area contributed by atoms with E-state index in [4.69, 9.17) is 10.5 Å². The summed E-state index contributed by atoms with van der Waals surface area (Å²) in [6.45, 7) is 4.41. The molecule has 1 heterocycles. The zero-order valence-electron chi connectivity index (χ0n) is 10.2. The van der Waals surface area contributed by atoms with Crippen LogP contribution in [0.25, 0.3) is 11.0 Å². The summed E-state index contributed by atoms with van der Waals surface area (Å²) < 4.78 is 20.3. The first-order valence-corrected chi connectivity index (χ1v) is 5.38. The molecule has 4 nitrogen and oxygen atoms in total. The van der Waals surface area contributed by atoms with E-state index in [9.17, 15) is 4.39 Å². The fourth-order valence-corrected chi connectivity index (χ4v) is 2.12. The number of imidazole rings is 1. The Kier molecular flexibility index (Phi) is 2.79. The van der Waals surface area contributed by atoms with Gasteiger partial charge >= 0.3 is 0 Å². The van der Waals surface area contributed by atoms with Crippen molar-refractivity contribution in [2.75, 3.05) is 19.5 Å². The van der Waals surface area contributed by atoms with E-state index in [0.29, 0.717) is 23.6 Å². The van der Waals surface area contributed by atoms with Crippen LogP contribution in [-0.4, -0.2) is 23.3 Å². The number of nitrogens with zero attached hydrogens (tertiary/aromatic N) is 2. The fraction of sp³-hybridized carbons (Fsp3) is 0.417. The number of rotatable bonds is 3. The minimum absolute atomic E-state index is 0.299. The minimum atomic E-state index is -0.374. The Balaban J connectivity index is 2.67. The number of fused-ring (bicyclic) bond motifs is 1. The Morgan fingerprint density at radius 3 is 2.82 bits per heavy atom. The molecular weight excluding hydrogens is 221 g/mol. The Bertz CT molecular complexity index is 548. The lowest BCUT2D eigenvalue weighted by Crippen LogP contribution is -2.32. The summed E-state index contributed by atoms with van der Waals surface area (Å²) in [6.07, 6.45) is 0. The van der Waals surface area contributed by atoms with Crippen LogP contribution in [0.4, 0.5) is 10.3 Å². The molecule has 92 valence electrons. The number of nitrogens with two attached hydrogens (primary N) is 1. The molecule has 0 aliphatic heterocycles. The Morgan fingerprint density at radius 1 is 1.47 bits per heavy atom. The maximum atomic E-state index is 13.3. The van der Waals surface area contributed by atoms with Crippen molar-refractivity contribution in [1.29, 1.82) is 0 Å². The van der Waals surface area contributed by atoms with E-state index in [1.165, 1.54) is 12.1 Å². The molecule has 0 fully saturated rings. The van der Waals surface area contributed by atoms with Gasteiger partial charge in [0.05, 0.1) is 23.2 Å². The molecule has 0 spiro atoms. The lowest BCUT2D eigenvalue weighted by atomic mass is 10.1. The monoisotopic (exact) mass is 237 g/mol. The third kappa shape index (κ3) is 1.98. The molecule has 2 rings (SSSR count). The highest BCUT2D eigenvalue weighted by Gasteiger charge is 2.25. The molecule has 0 saturated heterocycles. The zero-order chi connectivity index (χ0) is 12.6. The molecule has 0 aliphatic carbocycles. The highest BCUT2D eigenvalue weighted by molar-refractivity contribution is 5.78. The van der Waals surface area contributed by atoms with Crippen LogP contribution in [-0.2, 0) is 10.3 Å². The molecule has 1 aromatic heterocycles. The summed E-state index contributed by atoms with van der Waals surface area (Å²) in [4.78, 5) is 4.22. The van der Waals surface area contributed by atoms with Crippen LogP contribution >= 0.6 is 0 Å². The number of halogens is 1. The number of benzene rings is 1. The van der Waals surface area contributed by atoms with Gasteiger partial charge in [-0.05, 0) is 32.0 Å². The predicted molar refractivity (Wildman–Crippen MR) is 65.3 cm³/mol. The second-order valence-corrected chi connectivity index (χ2v) is 4.68. The van der Waals surface area contributed by atoms with E-state index < -0.39 is 0 Å². The van der Waals surface area contributed by atoms with E-state index in [2.05, 4.69) is 4.98 Å². The van der Waals surface area contributed by atoms with Crippen molar-refractivity contribution in [2.45, 2.75) is 19.4 Å². The topological polar surface area (TPSA) is 53.1 Å². The lowest BCUT2D eigenvalue weighted by molar-refractivity contribution is 0.113. The van der Waals surface area contributed by atoms with E-state index in [-0.39, 0.29) is 11.4 Å². The number of anilines is 1. The number of hydrogen-bond donors (Lipinski definition) is 1. The van der Waals surface area contributed by atoms with Gasteiger partial charge in [-0.3, -0.25) is 0 Å².